The second kappa shape index (κ2) is 3.50. The van der Waals surface area contributed by atoms with Crippen LogP contribution in [0.15, 0.2) is 16.9 Å². The molecular weight excluding hydrogens is 248 g/mol. The summed E-state index contributed by atoms with van der Waals surface area (Å²) in [7, 11) is 0. The summed E-state index contributed by atoms with van der Waals surface area (Å²) in [4.78, 5) is 13.5. The highest BCUT2D eigenvalue weighted by atomic mass is 35.5. The molecule has 80 valence electrons. The van der Waals surface area contributed by atoms with Crippen molar-refractivity contribution in [2.75, 3.05) is 0 Å². The van der Waals surface area contributed by atoms with Crippen molar-refractivity contribution in [1.29, 1.82) is 0 Å². The molecule has 0 aromatic carbocycles. The van der Waals surface area contributed by atoms with Crippen molar-refractivity contribution in [3.63, 3.8) is 0 Å². The first-order valence-corrected chi connectivity index (χ1v) is 5.65. The van der Waals surface area contributed by atoms with Gasteiger partial charge in [0, 0.05) is 6.07 Å². The van der Waals surface area contributed by atoms with E-state index in [2.05, 4.69) is 20.1 Å². The second-order valence-corrected chi connectivity index (χ2v) is 4.65. The van der Waals surface area contributed by atoms with Crippen LogP contribution in [0.2, 0.25) is 5.15 Å². The molecule has 0 unspecified atom stereocenters. The lowest BCUT2D eigenvalue weighted by atomic mass is 10.4. The summed E-state index contributed by atoms with van der Waals surface area (Å²) in [6.07, 6.45) is 1.47. The van der Waals surface area contributed by atoms with Crippen molar-refractivity contribution in [3.8, 4) is 11.5 Å². The Hall–Kier alpha value is -1.53. The van der Waals surface area contributed by atoms with Gasteiger partial charge in [-0.3, -0.25) is 0 Å². The number of fused-ring (bicyclic) bond motifs is 1. The van der Waals surface area contributed by atoms with Gasteiger partial charge in [-0.2, -0.15) is 0 Å². The third kappa shape index (κ3) is 1.46. The molecular formula is C9H5ClN4OS. The zero-order chi connectivity index (χ0) is 11.1. The van der Waals surface area contributed by atoms with Gasteiger partial charge >= 0.3 is 0 Å². The van der Waals surface area contributed by atoms with Gasteiger partial charge in [0.25, 0.3) is 0 Å². The highest BCUT2D eigenvalue weighted by Crippen LogP contribution is 2.27. The predicted octanol–water partition coefficient (Wildman–Crippen LogP) is 2.70. The number of nitrogens with zero attached hydrogens (tertiary/aromatic N) is 4. The van der Waals surface area contributed by atoms with Crippen molar-refractivity contribution in [2.45, 2.75) is 6.92 Å². The van der Waals surface area contributed by atoms with Crippen molar-refractivity contribution in [1.82, 2.24) is 20.1 Å². The molecule has 0 bridgehead atoms. The molecule has 0 saturated carbocycles. The Balaban J connectivity index is 2.28. The van der Waals surface area contributed by atoms with Crippen LogP contribution in [-0.2, 0) is 0 Å². The molecule has 3 aromatic heterocycles. The van der Waals surface area contributed by atoms with Gasteiger partial charge in [0.15, 0.2) is 16.7 Å². The van der Waals surface area contributed by atoms with Crippen LogP contribution >= 0.6 is 22.9 Å². The standard InChI is InChI=1S/C9H5ClN4OS/c1-4-11-6-7(10)12-8(13-9(6)16-4)5-2-3-15-14-5/h2-3H,1H3. The first-order chi connectivity index (χ1) is 7.74. The molecule has 0 atom stereocenters. The third-order valence-corrected chi connectivity index (χ3v) is 3.12. The summed E-state index contributed by atoms with van der Waals surface area (Å²) in [6, 6.07) is 1.69. The SMILES string of the molecule is Cc1nc2c(Cl)nc(-c3ccon3)nc2s1. The molecule has 3 heterocycles. The van der Waals surface area contributed by atoms with Crippen molar-refractivity contribution in [3.05, 3.63) is 22.5 Å². The third-order valence-electron chi connectivity index (χ3n) is 1.99. The maximum Gasteiger partial charge on any atom is 0.184 e. The van der Waals surface area contributed by atoms with Gasteiger partial charge < -0.3 is 4.52 Å². The quantitative estimate of drug-likeness (QED) is 0.623. The summed E-state index contributed by atoms with van der Waals surface area (Å²) in [5, 5.41) is 5.01. The maximum absolute atomic E-state index is 6.03. The fraction of sp³-hybridized carbons (Fsp3) is 0.111. The molecule has 0 aliphatic rings. The Kier molecular flexibility index (Phi) is 2.12. The largest absolute Gasteiger partial charge is 0.364 e. The average molecular weight is 253 g/mol. The molecule has 0 fully saturated rings. The maximum atomic E-state index is 6.03. The van der Waals surface area contributed by atoms with Gasteiger partial charge in [-0.1, -0.05) is 28.1 Å². The molecule has 16 heavy (non-hydrogen) atoms. The van der Waals surface area contributed by atoms with Gasteiger partial charge in [0.05, 0.1) is 5.01 Å². The Morgan fingerprint density at radius 2 is 2.19 bits per heavy atom. The van der Waals surface area contributed by atoms with Gasteiger partial charge in [0.2, 0.25) is 0 Å². The summed E-state index contributed by atoms with van der Waals surface area (Å²) < 4.78 is 4.74. The van der Waals surface area contributed by atoms with E-state index in [1.807, 2.05) is 6.92 Å². The van der Waals surface area contributed by atoms with Crippen LogP contribution in [0.1, 0.15) is 5.01 Å². The minimum absolute atomic E-state index is 0.340. The van der Waals surface area contributed by atoms with E-state index in [0.29, 0.717) is 22.2 Å². The van der Waals surface area contributed by atoms with E-state index >= 15 is 0 Å². The Bertz CT molecular complexity index is 649. The van der Waals surface area contributed by atoms with Crippen molar-refractivity contribution >= 4 is 33.3 Å². The van der Waals surface area contributed by atoms with Gasteiger partial charge in [0.1, 0.15) is 16.6 Å². The molecule has 0 spiro atoms. The summed E-state index contributed by atoms with van der Waals surface area (Å²) in [6.45, 7) is 1.90. The van der Waals surface area contributed by atoms with Crippen LogP contribution in [0.25, 0.3) is 21.9 Å². The molecule has 0 N–H and O–H groups in total. The van der Waals surface area contributed by atoms with Gasteiger partial charge in [-0.15, -0.1) is 0 Å². The molecule has 0 aliphatic heterocycles. The minimum Gasteiger partial charge on any atom is -0.364 e. The molecule has 0 aliphatic carbocycles. The lowest BCUT2D eigenvalue weighted by molar-refractivity contribution is 0.422. The van der Waals surface area contributed by atoms with E-state index in [1.54, 1.807) is 6.07 Å². The number of rotatable bonds is 1. The molecule has 3 rings (SSSR count). The molecule has 0 radical (unpaired) electrons. The normalized spacial score (nSPS) is 11.1. The van der Waals surface area contributed by atoms with E-state index in [4.69, 9.17) is 16.1 Å². The Morgan fingerprint density at radius 3 is 2.94 bits per heavy atom. The predicted molar refractivity (Wildman–Crippen MR) is 60.5 cm³/mol. The number of aryl methyl sites for hydroxylation is 1. The Labute approximate surface area is 99.1 Å². The number of aromatic nitrogens is 4. The Morgan fingerprint density at radius 1 is 1.31 bits per heavy atom. The molecule has 3 aromatic rings. The fourth-order valence-corrected chi connectivity index (χ4v) is 2.39. The fourth-order valence-electron chi connectivity index (χ4n) is 1.34. The number of thiazole rings is 1. The number of halogens is 1. The van der Waals surface area contributed by atoms with Crippen molar-refractivity contribution in [2.24, 2.45) is 0 Å². The van der Waals surface area contributed by atoms with Crippen LogP contribution in [0, 0.1) is 6.92 Å². The van der Waals surface area contributed by atoms with Crippen LogP contribution in [0.4, 0.5) is 0 Å². The molecule has 0 saturated heterocycles. The van der Waals surface area contributed by atoms with Crippen LogP contribution in [0.3, 0.4) is 0 Å². The van der Waals surface area contributed by atoms with E-state index in [1.165, 1.54) is 17.6 Å². The summed E-state index contributed by atoms with van der Waals surface area (Å²) in [5.41, 5.74) is 1.20. The highest BCUT2D eigenvalue weighted by molar-refractivity contribution is 7.18. The number of hydrogen-bond acceptors (Lipinski definition) is 6. The molecule has 7 heteroatoms. The van der Waals surface area contributed by atoms with Crippen LogP contribution < -0.4 is 0 Å². The van der Waals surface area contributed by atoms with Crippen LogP contribution in [-0.4, -0.2) is 20.1 Å². The monoisotopic (exact) mass is 252 g/mol. The number of hydrogen-bond donors (Lipinski definition) is 0. The zero-order valence-corrected chi connectivity index (χ0v) is 9.71. The topological polar surface area (TPSA) is 64.7 Å². The minimum atomic E-state index is 0.340. The molecule has 5 nitrogen and oxygen atoms in total. The van der Waals surface area contributed by atoms with Crippen LogP contribution in [0.5, 0.6) is 0 Å². The highest BCUT2D eigenvalue weighted by Gasteiger charge is 2.13. The van der Waals surface area contributed by atoms with Gasteiger partial charge in [-0.05, 0) is 6.92 Å². The first-order valence-electron chi connectivity index (χ1n) is 4.45. The summed E-state index contributed by atoms with van der Waals surface area (Å²) >= 11 is 7.50. The molecule has 0 amide bonds. The lowest BCUT2D eigenvalue weighted by Crippen LogP contribution is -1.90. The van der Waals surface area contributed by atoms with Gasteiger partial charge in [-0.25, -0.2) is 15.0 Å². The first kappa shape index (κ1) is 9.68. The lowest BCUT2D eigenvalue weighted by Gasteiger charge is -1.95. The van der Waals surface area contributed by atoms with E-state index in [9.17, 15) is 0 Å². The zero-order valence-electron chi connectivity index (χ0n) is 8.14. The van der Waals surface area contributed by atoms with E-state index in [-0.39, 0.29) is 0 Å². The average Bonchev–Trinajstić information content (AvgIpc) is 2.84. The van der Waals surface area contributed by atoms with E-state index in [0.717, 1.165) is 9.84 Å². The van der Waals surface area contributed by atoms with E-state index < -0.39 is 0 Å². The summed E-state index contributed by atoms with van der Waals surface area (Å²) in [5.74, 6) is 0.454. The smallest absolute Gasteiger partial charge is 0.184 e. The second-order valence-electron chi connectivity index (χ2n) is 3.11. The van der Waals surface area contributed by atoms with Crippen molar-refractivity contribution < 1.29 is 4.52 Å².